The van der Waals surface area contributed by atoms with Gasteiger partial charge in [-0.25, -0.2) is 0 Å². The first-order valence-electron chi connectivity index (χ1n) is 8.80. The van der Waals surface area contributed by atoms with Gasteiger partial charge in [-0.2, -0.15) is 5.10 Å². The number of nitrogens with one attached hydrogen (secondary N) is 2. The Balaban J connectivity index is 1.57. The van der Waals surface area contributed by atoms with E-state index in [2.05, 4.69) is 59.9 Å². The number of hydrogen-bond acceptors (Lipinski definition) is 2. The van der Waals surface area contributed by atoms with Crippen LogP contribution in [0.5, 0.6) is 0 Å². The van der Waals surface area contributed by atoms with Crippen LogP contribution in [0.1, 0.15) is 29.4 Å². The highest BCUT2D eigenvalue weighted by molar-refractivity contribution is 7.80. The number of anilines is 2. The number of aryl methyl sites for hydroxylation is 3. The number of hydrogen-bond donors (Lipinski definition) is 2. The van der Waals surface area contributed by atoms with E-state index < -0.39 is 0 Å². The van der Waals surface area contributed by atoms with Crippen molar-refractivity contribution >= 4 is 28.7 Å². The van der Waals surface area contributed by atoms with E-state index in [9.17, 15) is 0 Å². The summed E-state index contributed by atoms with van der Waals surface area (Å²) >= 11 is 5.40. The SMILES string of the molecule is CCc1ccc(NC(=S)Nc2ccc(Cn3nc(C)cc3C)cc2)cc1. The fraction of sp³-hybridized carbons (Fsp3) is 0.238. The van der Waals surface area contributed by atoms with Crippen molar-refractivity contribution in [3.8, 4) is 0 Å². The Morgan fingerprint density at radius 1 is 0.923 bits per heavy atom. The van der Waals surface area contributed by atoms with E-state index in [1.807, 2.05) is 35.9 Å². The van der Waals surface area contributed by atoms with E-state index in [-0.39, 0.29) is 0 Å². The molecule has 1 heterocycles. The van der Waals surface area contributed by atoms with Gasteiger partial charge in [0.05, 0.1) is 12.2 Å². The van der Waals surface area contributed by atoms with Crippen LogP contribution >= 0.6 is 12.2 Å². The van der Waals surface area contributed by atoms with Crippen molar-refractivity contribution in [1.29, 1.82) is 0 Å². The first kappa shape index (κ1) is 18.1. The molecule has 2 aromatic carbocycles. The van der Waals surface area contributed by atoms with Crippen LogP contribution in [0.2, 0.25) is 0 Å². The first-order valence-corrected chi connectivity index (χ1v) is 9.21. The second-order valence-electron chi connectivity index (χ2n) is 6.41. The number of nitrogens with zero attached hydrogens (tertiary/aromatic N) is 2. The molecule has 0 unspecified atom stereocenters. The molecule has 26 heavy (non-hydrogen) atoms. The molecular weight excluding hydrogens is 340 g/mol. The Kier molecular flexibility index (Phi) is 5.68. The average Bonchev–Trinajstić information content (AvgIpc) is 2.94. The monoisotopic (exact) mass is 364 g/mol. The largest absolute Gasteiger partial charge is 0.332 e. The van der Waals surface area contributed by atoms with E-state index in [1.165, 1.54) is 16.8 Å². The number of thiocarbonyl (C=S) groups is 1. The van der Waals surface area contributed by atoms with Crippen molar-refractivity contribution < 1.29 is 0 Å². The van der Waals surface area contributed by atoms with E-state index in [0.29, 0.717) is 5.11 Å². The van der Waals surface area contributed by atoms with Crippen molar-refractivity contribution in [2.45, 2.75) is 33.7 Å². The van der Waals surface area contributed by atoms with Crippen LogP contribution in [0.15, 0.2) is 54.6 Å². The van der Waals surface area contributed by atoms with Gasteiger partial charge in [0.2, 0.25) is 0 Å². The molecule has 0 spiro atoms. The van der Waals surface area contributed by atoms with Gasteiger partial charge in [0.25, 0.3) is 0 Å². The molecule has 3 aromatic rings. The minimum Gasteiger partial charge on any atom is -0.332 e. The van der Waals surface area contributed by atoms with Crippen LogP contribution in [-0.4, -0.2) is 14.9 Å². The topological polar surface area (TPSA) is 41.9 Å². The predicted molar refractivity (Wildman–Crippen MR) is 113 cm³/mol. The predicted octanol–water partition coefficient (Wildman–Crippen LogP) is 4.92. The van der Waals surface area contributed by atoms with E-state index in [0.717, 1.165) is 30.0 Å². The Bertz CT molecular complexity index is 879. The van der Waals surface area contributed by atoms with Crippen LogP contribution in [-0.2, 0) is 13.0 Å². The first-order chi connectivity index (χ1) is 12.5. The maximum Gasteiger partial charge on any atom is 0.175 e. The summed E-state index contributed by atoms with van der Waals surface area (Å²) in [4.78, 5) is 0. The summed E-state index contributed by atoms with van der Waals surface area (Å²) in [6, 6.07) is 18.7. The molecule has 0 saturated heterocycles. The van der Waals surface area contributed by atoms with Crippen molar-refractivity contribution in [2.24, 2.45) is 0 Å². The number of rotatable bonds is 5. The van der Waals surface area contributed by atoms with Gasteiger partial charge in [0.1, 0.15) is 0 Å². The lowest BCUT2D eigenvalue weighted by molar-refractivity contribution is 0.659. The van der Waals surface area contributed by atoms with Gasteiger partial charge >= 0.3 is 0 Å². The number of benzene rings is 2. The van der Waals surface area contributed by atoms with Crippen LogP contribution in [0, 0.1) is 13.8 Å². The van der Waals surface area contributed by atoms with Crippen LogP contribution in [0.25, 0.3) is 0 Å². The zero-order valence-corrected chi connectivity index (χ0v) is 16.2. The molecule has 0 aliphatic rings. The molecule has 2 N–H and O–H groups in total. The molecule has 5 heteroatoms. The maximum absolute atomic E-state index is 5.40. The standard InChI is InChI=1S/C21H24N4S/c1-4-17-5-9-19(10-6-17)22-21(26)23-20-11-7-18(8-12-20)14-25-16(3)13-15(2)24-25/h5-13H,4,14H2,1-3H3,(H2,22,23,26). The zero-order valence-electron chi connectivity index (χ0n) is 15.4. The lowest BCUT2D eigenvalue weighted by Gasteiger charge is -2.12. The van der Waals surface area contributed by atoms with E-state index in [4.69, 9.17) is 12.2 Å². The lowest BCUT2D eigenvalue weighted by atomic mass is 10.1. The third kappa shape index (κ3) is 4.70. The molecule has 0 atom stereocenters. The molecule has 1 aromatic heterocycles. The molecule has 0 saturated carbocycles. The molecule has 0 radical (unpaired) electrons. The molecule has 134 valence electrons. The maximum atomic E-state index is 5.40. The molecule has 0 aliphatic carbocycles. The van der Waals surface area contributed by atoms with Crippen LogP contribution in [0.3, 0.4) is 0 Å². The van der Waals surface area contributed by atoms with Gasteiger partial charge in [-0.05, 0) is 73.9 Å². The lowest BCUT2D eigenvalue weighted by Crippen LogP contribution is -2.19. The second-order valence-corrected chi connectivity index (χ2v) is 6.82. The van der Waals surface area contributed by atoms with E-state index >= 15 is 0 Å². The molecule has 0 bridgehead atoms. The van der Waals surface area contributed by atoms with Crippen LogP contribution < -0.4 is 10.6 Å². The normalized spacial score (nSPS) is 10.6. The minimum atomic E-state index is 0.584. The highest BCUT2D eigenvalue weighted by Gasteiger charge is 2.03. The minimum absolute atomic E-state index is 0.584. The third-order valence-electron chi connectivity index (χ3n) is 4.27. The Morgan fingerprint density at radius 2 is 1.46 bits per heavy atom. The Labute approximate surface area is 160 Å². The van der Waals surface area contributed by atoms with E-state index in [1.54, 1.807) is 0 Å². The third-order valence-corrected chi connectivity index (χ3v) is 4.47. The fourth-order valence-electron chi connectivity index (χ4n) is 2.82. The van der Waals surface area contributed by atoms with Gasteiger partial charge in [-0.15, -0.1) is 0 Å². The van der Waals surface area contributed by atoms with Crippen molar-refractivity contribution in [2.75, 3.05) is 10.6 Å². The molecule has 0 amide bonds. The molecule has 0 aliphatic heterocycles. The highest BCUT2D eigenvalue weighted by Crippen LogP contribution is 2.14. The number of aromatic nitrogens is 2. The molecular formula is C21H24N4S. The quantitative estimate of drug-likeness (QED) is 0.631. The summed E-state index contributed by atoms with van der Waals surface area (Å²) in [5.74, 6) is 0. The summed E-state index contributed by atoms with van der Waals surface area (Å²) < 4.78 is 2.02. The van der Waals surface area contributed by atoms with Gasteiger partial charge in [-0.3, -0.25) is 4.68 Å². The van der Waals surface area contributed by atoms with Crippen molar-refractivity contribution in [3.05, 3.63) is 77.1 Å². The fourth-order valence-corrected chi connectivity index (χ4v) is 3.05. The van der Waals surface area contributed by atoms with Crippen molar-refractivity contribution in [3.63, 3.8) is 0 Å². The molecule has 0 fully saturated rings. The smallest absolute Gasteiger partial charge is 0.175 e. The summed E-state index contributed by atoms with van der Waals surface area (Å²) in [7, 11) is 0. The molecule has 4 nitrogen and oxygen atoms in total. The summed E-state index contributed by atoms with van der Waals surface area (Å²) in [6.07, 6.45) is 1.03. The second kappa shape index (κ2) is 8.15. The van der Waals surface area contributed by atoms with Gasteiger partial charge < -0.3 is 10.6 Å². The highest BCUT2D eigenvalue weighted by atomic mass is 32.1. The average molecular weight is 365 g/mol. The summed E-state index contributed by atoms with van der Waals surface area (Å²) in [5, 5.41) is 11.5. The van der Waals surface area contributed by atoms with Crippen LogP contribution in [0.4, 0.5) is 11.4 Å². The van der Waals surface area contributed by atoms with Gasteiger partial charge in [-0.1, -0.05) is 31.2 Å². The van der Waals surface area contributed by atoms with Gasteiger partial charge in [0, 0.05) is 17.1 Å². The Hall–Kier alpha value is -2.66. The summed E-state index contributed by atoms with van der Waals surface area (Å²) in [5.41, 5.74) is 6.68. The summed E-state index contributed by atoms with van der Waals surface area (Å²) in [6.45, 7) is 7.01. The van der Waals surface area contributed by atoms with Crippen molar-refractivity contribution in [1.82, 2.24) is 9.78 Å². The molecule has 3 rings (SSSR count). The van der Waals surface area contributed by atoms with Gasteiger partial charge in [0.15, 0.2) is 5.11 Å². The zero-order chi connectivity index (χ0) is 18.5. The Morgan fingerprint density at radius 3 is 1.92 bits per heavy atom.